The third-order valence-electron chi connectivity index (χ3n) is 2.14. The van der Waals surface area contributed by atoms with Gasteiger partial charge in [-0.25, -0.2) is 4.68 Å². The van der Waals surface area contributed by atoms with Crippen LogP contribution >= 0.6 is 0 Å². The first-order chi connectivity index (χ1) is 7.77. The van der Waals surface area contributed by atoms with Crippen LogP contribution in [-0.2, 0) is 6.54 Å². The number of aldehydes is 1. The Morgan fingerprint density at radius 1 is 1.69 bits per heavy atom. The van der Waals surface area contributed by atoms with Crippen molar-refractivity contribution in [1.29, 1.82) is 0 Å². The van der Waals surface area contributed by atoms with Crippen LogP contribution in [0.1, 0.15) is 10.4 Å². The third kappa shape index (κ3) is 1.46. The number of hydrogen-bond acceptors (Lipinski definition) is 4. The van der Waals surface area contributed by atoms with Gasteiger partial charge in [-0.1, -0.05) is 5.92 Å². The summed E-state index contributed by atoms with van der Waals surface area (Å²) in [6.07, 6.45) is 7.32. The Balaban J connectivity index is 2.58. The van der Waals surface area contributed by atoms with Crippen LogP contribution in [0.4, 0.5) is 5.82 Å². The summed E-state index contributed by atoms with van der Waals surface area (Å²) in [7, 11) is 0. The number of furan rings is 1. The van der Waals surface area contributed by atoms with E-state index < -0.39 is 0 Å². The van der Waals surface area contributed by atoms with Crippen LogP contribution in [0, 0.1) is 12.3 Å². The van der Waals surface area contributed by atoms with Gasteiger partial charge in [0.25, 0.3) is 0 Å². The van der Waals surface area contributed by atoms with Crippen LogP contribution in [0.5, 0.6) is 0 Å². The molecule has 0 saturated heterocycles. The van der Waals surface area contributed by atoms with Gasteiger partial charge in [-0.2, -0.15) is 5.10 Å². The number of nitrogens with two attached hydrogens (primary N) is 1. The molecule has 2 aromatic heterocycles. The van der Waals surface area contributed by atoms with Crippen LogP contribution in [0.25, 0.3) is 11.5 Å². The van der Waals surface area contributed by atoms with E-state index in [9.17, 15) is 4.79 Å². The van der Waals surface area contributed by atoms with Crippen LogP contribution in [-0.4, -0.2) is 16.1 Å². The number of terminal acetylenes is 1. The van der Waals surface area contributed by atoms with Gasteiger partial charge >= 0.3 is 0 Å². The van der Waals surface area contributed by atoms with Gasteiger partial charge in [0.15, 0.2) is 12.0 Å². The fourth-order valence-corrected chi connectivity index (χ4v) is 1.41. The Kier molecular flexibility index (Phi) is 2.48. The predicted octanol–water partition coefficient (Wildman–Crippen LogP) is 1.17. The van der Waals surface area contributed by atoms with Gasteiger partial charge in [-0.15, -0.1) is 6.42 Å². The molecule has 0 radical (unpaired) electrons. The van der Waals surface area contributed by atoms with E-state index in [0.717, 1.165) is 0 Å². The van der Waals surface area contributed by atoms with Crippen molar-refractivity contribution < 1.29 is 9.21 Å². The molecule has 0 bridgehead atoms. The number of nitrogens with zero attached hydrogens (tertiary/aromatic N) is 2. The minimum Gasteiger partial charge on any atom is -0.463 e. The second kappa shape index (κ2) is 3.95. The largest absolute Gasteiger partial charge is 0.463 e. The zero-order valence-electron chi connectivity index (χ0n) is 8.38. The Labute approximate surface area is 91.9 Å². The van der Waals surface area contributed by atoms with Gasteiger partial charge in [-0.3, -0.25) is 4.79 Å². The van der Waals surface area contributed by atoms with Crippen molar-refractivity contribution >= 4 is 12.1 Å². The molecule has 2 aromatic rings. The molecule has 0 unspecified atom stereocenters. The van der Waals surface area contributed by atoms with E-state index >= 15 is 0 Å². The van der Waals surface area contributed by atoms with Crippen LogP contribution in [0.2, 0.25) is 0 Å². The minimum atomic E-state index is 0.216. The smallest absolute Gasteiger partial charge is 0.156 e. The number of anilines is 1. The molecule has 5 nitrogen and oxygen atoms in total. The SMILES string of the molecule is C#CCn1nc(-c2ccco2)c(C=O)c1N. The Bertz CT molecular complexity index is 547. The van der Waals surface area contributed by atoms with Crippen molar-refractivity contribution in [2.75, 3.05) is 5.73 Å². The topological polar surface area (TPSA) is 74.0 Å². The summed E-state index contributed by atoms with van der Waals surface area (Å²) in [6, 6.07) is 3.41. The lowest BCUT2D eigenvalue weighted by Gasteiger charge is -1.95. The average molecular weight is 215 g/mol. The van der Waals surface area contributed by atoms with Gasteiger partial charge in [0.05, 0.1) is 11.8 Å². The van der Waals surface area contributed by atoms with Gasteiger partial charge in [-0.05, 0) is 12.1 Å². The highest BCUT2D eigenvalue weighted by Crippen LogP contribution is 2.25. The molecule has 5 heteroatoms. The molecule has 2 rings (SSSR count). The lowest BCUT2D eigenvalue weighted by atomic mass is 10.2. The summed E-state index contributed by atoms with van der Waals surface area (Å²) in [6.45, 7) is 0.216. The average Bonchev–Trinajstić information content (AvgIpc) is 2.88. The van der Waals surface area contributed by atoms with Crippen molar-refractivity contribution in [3.05, 3.63) is 24.0 Å². The van der Waals surface area contributed by atoms with E-state index in [1.54, 1.807) is 12.1 Å². The monoisotopic (exact) mass is 215 g/mol. The molecule has 0 atom stereocenters. The number of nitrogen functional groups attached to an aromatic ring is 1. The van der Waals surface area contributed by atoms with Crippen LogP contribution < -0.4 is 5.73 Å². The van der Waals surface area contributed by atoms with Crippen LogP contribution in [0.3, 0.4) is 0 Å². The van der Waals surface area contributed by atoms with E-state index in [0.29, 0.717) is 23.3 Å². The number of carbonyl (C=O) groups is 1. The summed E-state index contributed by atoms with van der Waals surface area (Å²) in [5.74, 6) is 3.15. The standard InChI is InChI=1S/C11H9N3O2/c1-2-5-14-11(12)8(7-15)10(13-14)9-4-3-6-16-9/h1,3-4,6-7H,5,12H2. The predicted molar refractivity (Wildman–Crippen MR) is 58.6 cm³/mol. The highest BCUT2D eigenvalue weighted by Gasteiger charge is 2.17. The second-order valence-corrected chi connectivity index (χ2v) is 3.10. The maximum Gasteiger partial charge on any atom is 0.156 e. The Morgan fingerprint density at radius 3 is 3.06 bits per heavy atom. The molecule has 0 aliphatic rings. The highest BCUT2D eigenvalue weighted by atomic mass is 16.3. The minimum absolute atomic E-state index is 0.216. The molecule has 0 aliphatic carbocycles. The molecule has 0 aliphatic heterocycles. The van der Waals surface area contributed by atoms with Crippen LogP contribution in [0.15, 0.2) is 22.8 Å². The van der Waals surface area contributed by atoms with Crippen molar-refractivity contribution in [2.24, 2.45) is 0 Å². The fraction of sp³-hybridized carbons (Fsp3) is 0.0909. The second-order valence-electron chi connectivity index (χ2n) is 3.10. The van der Waals surface area contributed by atoms with E-state index in [2.05, 4.69) is 11.0 Å². The van der Waals surface area contributed by atoms with E-state index in [4.69, 9.17) is 16.6 Å². The number of rotatable bonds is 3. The van der Waals surface area contributed by atoms with Crippen molar-refractivity contribution in [2.45, 2.75) is 6.54 Å². The summed E-state index contributed by atoms with van der Waals surface area (Å²) < 4.78 is 6.56. The molecule has 80 valence electrons. The molecule has 0 spiro atoms. The highest BCUT2D eigenvalue weighted by molar-refractivity contribution is 5.90. The third-order valence-corrected chi connectivity index (χ3v) is 2.14. The first-order valence-corrected chi connectivity index (χ1v) is 4.56. The summed E-state index contributed by atoms with van der Waals surface area (Å²) in [5.41, 5.74) is 6.45. The quantitative estimate of drug-likeness (QED) is 0.616. The molecular formula is C11H9N3O2. The zero-order chi connectivity index (χ0) is 11.5. The van der Waals surface area contributed by atoms with E-state index in [-0.39, 0.29) is 12.4 Å². The molecule has 16 heavy (non-hydrogen) atoms. The lowest BCUT2D eigenvalue weighted by molar-refractivity contribution is 0.112. The van der Waals surface area contributed by atoms with Gasteiger partial charge in [0.1, 0.15) is 18.1 Å². The zero-order valence-corrected chi connectivity index (χ0v) is 8.38. The maximum absolute atomic E-state index is 10.9. The molecule has 0 fully saturated rings. The summed E-state index contributed by atoms with van der Waals surface area (Å²) in [5, 5.41) is 4.14. The van der Waals surface area contributed by atoms with E-state index in [1.807, 2.05) is 0 Å². The van der Waals surface area contributed by atoms with E-state index in [1.165, 1.54) is 10.9 Å². The molecule has 2 heterocycles. The Hall–Kier alpha value is -2.48. The van der Waals surface area contributed by atoms with Crippen molar-refractivity contribution in [1.82, 2.24) is 9.78 Å². The summed E-state index contributed by atoms with van der Waals surface area (Å²) >= 11 is 0. The van der Waals surface area contributed by atoms with Gasteiger partial charge in [0.2, 0.25) is 0 Å². The Morgan fingerprint density at radius 2 is 2.50 bits per heavy atom. The molecule has 0 saturated carbocycles. The van der Waals surface area contributed by atoms with Crippen molar-refractivity contribution in [3.8, 4) is 23.8 Å². The maximum atomic E-state index is 10.9. The number of carbonyl (C=O) groups excluding carboxylic acids is 1. The first kappa shape index (κ1) is 10.1. The van der Waals surface area contributed by atoms with Gasteiger partial charge in [0, 0.05) is 0 Å². The fourth-order valence-electron chi connectivity index (χ4n) is 1.41. The first-order valence-electron chi connectivity index (χ1n) is 4.56. The lowest BCUT2D eigenvalue weighted by Crippen LogP contribution is -2.03. The van der Waals surface area contributed by atoms with Gasteiger partial charge < -0.3 is 10.2 Å². The molecule has 0 aromatic carbocycles. The normalized spacial score (nSPS) is 9.94. The molecule has 0 amide bonds. The molecule has 2 N–H and O–H groups in total. The molecular weight excluding hydrogens is 206 g/mol. The number of aromatic nitrogens is 2. The van der Waals surface area contributed by atoms with Crippen molar-refractivity contribution in [3.63, 3.8) is 0 Å². The number of hydrogen-bond donors (Lipinski definition) is 1. The summed E-state index contributed by atoms with van der Waals surface area (Å²) in [4.78, 5) is 10.9.